The first kappa shape index (κ1) is 15.2. The number of hydrogen-bond acceptors (Lipinski definition) is 5. The Labute approximate surface area is 123 Å². The summed E-state index contributed by atoms with van der Waals surface area (Å²) in [4.78, 5) is 18.4. The monoisotopic (exact) mass is 298 g/mol. The van der Waals surface area contributed by atoms with Crippen LogP contribution in [0, 0.1) is 6.92 Å². The number of aromatic nitrogens is 2. The smallest absolute Gasteiger partial charge is 0.318 e. The lowest BCUT2D eigenvalue weighted by atomic mass is 10.2. The van der Waals surface area contributed by atoms with Crippen LogP contribution in [0.4, 0.5) is 4.79 Å². The number of hydrogen-bond donors (Lipinski definition) is 1. The Morgan fingerprint density at radius 1 is 1.60 bits per heavy atom. The highest BCUT2D eigenvalue weighted by molar-refractivity contribution is 8.00. The highest BCUT2D eigenvalue weighted by atomic mass is 32.2. The Morgan fingerprint density at radius 3 is 2.90 bits per heavy atom. The predicted molar refractivity (Wildman–Crippen MR) is 78.7 cm³/mol. The van der Waals surface area contributed by atoms with E-state index < -0.39 is 0 Å². The Balaban J connectivity index is 1.99. The summed E-state index contributed by atoms with van der Waals surface area (Å²) >= 11 is 1.90. The molecule has 1 aromatic rings. The van der Waals surface area contributed by atoms with Crippen LogP contribution in [0.3, 0.4) is 0 Å². The largest absolute Gasteiger partial charge is 0.340 e. The van der Waals surface area contributed by atoms with Crippen molar-refractivity contribution in [3.05, 3.63) is 11.7 Å². The SMILES string of the molecule is CCC(NC(=O)N1CCSC(C)(C)C1)c1noc(C)n1. The molecule has 6 nitrogen and oxygen atoms in total. The number of carbonyl (C=O) groups excluding carboxylic acids is 1. The van der Waals surface area contributed by atoms with E-state index in [0.717, 1.165) is 25.3 Å². The number of amides is 2. The van der Waals surface area contributed by atoms with Gasteiger partial charge in [0.1, 0.15) is 0 Å². The standard InChI is InChI=1S/C13H22N4O2S/c1-5-10(11-14-9(2)19-16-11)15-12(18)17-6-7-20-13(3,4)8-17/h10H,5-8H2,1-4H3,(H,15,18). The van der Waals surface area contributed by atoms with Crippen LogP contribution < -0.4 is 5.32 Å². The lowest BCUT2D eigenvalue weighted by Crippen LogP contribution is -2.50. The van der Waals surface area contributed by atoms with Crippen molar-refractivity contribution in [2.45, 2.75) is 44.9 Å². The number of nitrogens with one attached hydrogen (secondary N) is 1. The van der Waals surface area contributed by atoms with Crippen molar-refractivity contribution in [2.24, 2.45) is 0 Å². The molecule has 0 radical (unpaired) electrons. The van der Waals surface area contributed by atoms with E-state index in [9.17, 15) is 4.79 Å². The predicted octanol–water partition coefficient (Wildman–Crippen LogP) is 2.37. The van der Waals surface area contributed by atoms with Gasteiger partial charge >= 0.3 is 6.03 Å². The molecule has 0 aromatic carbocycles. The normalized spacial score (nSPS) is 19.7. The summed E-state index contributed by atoms with van der Waals surface area (Å²) in [5.74, 6) is 2.03. The molecule has 1 saturated heterocycles. The molecule has 1 aliphatic heterocycles. The number of nitrogens with zero attached hydrogens (tertiary/aromatic N) is 3. The quantitative estimate of drug-likeness (QED) is 0.927. The van der Waals surface area contributed by atoms with Gasteiger partial charge in [-0.1, -0.05) is 12.1 Å². The average Bonchev–Trinajstić information content (AvgIpc) is 2.81. The maximum absolute atomic E-state index is 12.4. The Bertz CT molecular complexity index is 475. The summed E-state index contributed by atoms with van der Waals surface area (Å²) in [5, 5.41) is 6.89. The van der Waals surface area contributed by atoms with Crippen LogP contribution in [0.15, 0.2) is 4.52 Å². The molecule has 112 valence electrons. The van der Waals surface area contributed by atoms with Crippen molar-refractivity contribution in [1.29, 1.82) is 0 Å². The van der Waals surface area contributed by atoms with Gasteiger partial charge in [0.25, 0.3) is 0 Å². The van der Waals surface area contributed by atoms with E-state index in [-0.39, 0.29) is 16.8 Å². The van der Waals surface area contributed by atoms with Gasteiger partial charge in [0.15, 0.2) is 5.82 Å². The molecule has 0 spiro atoms. The van der Waals surface area contributed by atoms with E-state index in [1.165, 1.54) is 0 Å². The number of carbonyl (C=O) groups is 1. The molecule has 2 amide bonds. The molecule has 1 atom stereocenters. The summed E-state index contributed by atoms with van der Waals surface area (Å²) < 4.78 is 5.09. The van der Waals surface area contributed by atoms with Crippen LogP contribution in [0.5, 0.6) is 0 Å². The van der Waals surface area contributed by atoms with Crippen LogP contribution in [-0.4, -0.2) is 44.7 Å². The fourth-order valence-corrected chi connectivity index (χ4v) is 3.35. The highest BCUT2D eigenvalue weighted by Crippen LogP contribution is 2.29. The zero-order chi connectivity index (χ0) is 14.8. The summed E-state index contributed by atoms with van der Waals surface area (Å²) in [5.41, 5.74) is 0. The van der Waals surface area contributed by atoms with Gasteiger partial charge in [-0.3, -0.25) is 0 Å². The Hall–Kier alpha value is -1.24. The zero-order valence-corrected chi connectivity index (χ0v) is 13.3. The summed E-state index contributed by atoms with van der Waals surface area (Å²) in [6.07, 6.45) is 0.733. The highest BCUT2D eigenvalue weighted by Gasteiger charge is 2.31. The van der Waals surface area contributed by atoms with Crippen molar-refractivity contribution in [1.82, 2.24) is 20.4 Å². The minimum Gasteiger partial charge on any atom is -0.340 e. The van der Waals surface area contributed by atoms with Gasteiger partial charge in [0.05, 0.1) is 6.04 Å². The molecule has 0 aliphatic carbocycles. The summed E-state index contributed by atoms with van der Waals surface area (Å²) in [7, 11) is 0. The van der Waals surface area contributed by atoms with Gasteiger partial charge in [-0.05, 0) is 20.3 Å². The second-order valence-electron chi connectivity index (χ2n) is 5.61. The maximum Gasteiger partial charge on any atom is 0.318 e. The fraction of sp³-hybridized carbons (Fsp3) is 0.769. The van der Waals surface area contributed by atoms with Gasteiger partial charge in [-0.15, -0.1) is 0 Å². The second kappa shape index (κ2) is 6.03. The lowest BCUT2D eigenvalue weighted by Gasteiger charge is -2.37. The van der Waals surface area contributed by atoms with Gasteiger partial charge in [0, 0.05) is 30.5 Å². The zero-order valence-electron chi connectivity index (χ0n) is 12.5. The van der Waals surface area contributed by atoms with Crippen LogP contribution in [0.1, 0.15) is 44.9 Å². The van der Waals surface area contributed by atoms with Crippen molar-refractivity contribution in [3.63, 3.8) is 0 Å². The summed E-state index contributed by atoms with van der Waals surface area (Å²) in [6.45, 7) is 9.60. The Morgan fingerprint density at radius 2 is 2.35 bits per heavy atom. The van der Waals surface area contributed by atoms with Gasteiger partial charge < -0.3 is 14.7 Å². The molecule has 1 N–H and O–H groups in total. The Kier molecular flexibility index (Phi) is 4.57. The second-order valence-corrected chi connectivity index (χ2v) is 7.41. The van der Waals surface area contributed by atoms with Gasteiger partial charge in [-0.25, -0.2) is 4.79 Å². The maximum atomic E-state index is 12.4. The van der Waals surface area contributed by atoms with Crippen LogP contribution in [-0.2, 0) is 0 Å². The van der Waals surface area contributed by atoms with E-state index in [2.05, 4.69) is 29.3 Å². The minimum atomic E-state index is -0.197. The lowest BCUT2D eigenvalue weighted by molar-refractivity contribution is 0.189. The molecule has 20 heavy (non-hydrogen) atoms. The molecule has 0 saturated carbocycles. The first-order valence-electron chi connectivity index (χ1n) is 6.91. The van der Waals surface area contributed by atoms with E-state index in [1.54, 1.807) is 6.92 Å². The minimum absolute atomic E-state index is 0.0484. The van der Waals surface area contributed by atoms with Crippen LogP contribution in [0.25, 0.3) is 0 Å². The number of thioether (sulfide) groups is 1. The number of rotatable bonds is 3. The number of aryl methyl sites for hydroxylation is 1. The topological polar surface area (TPSA) is 71.3 Å². The van der Waals surface area contributed by atoms with E-state index in [0.29, 0.717) is 11.7 Å². The molecular formula is C13H22N4O2S. The van der Waals surface area contributed by atoms with E-state index in [1.807, 2.05) is 23.6 Å². The molecule has 2 rings (SSSR count). The van der Waals surface area contributed by atoms with Crippen LogP contribution >= 0.6 is 11.8 Å². The molecular weight excluding hydrogens is 276 g/mol. The molecule has 0 bridgehead atoms. The number of urea groups is 1. The molecule has 1 aliphatic rings. The third-order valence-corrected chi connectivity index (χ3v) is 4.57. The molecule has 1 aromatic heterocycles. The van der Waals surface area contributed by atoms with Crippen molar-refractivity contribution in [3.8, 4) is 0 Å². The van der Waals surface area contributed by atoms with E-state index >= 15 is 0 Å². The molecule has 2 heterocycles. The van der Waals surface area contributed by atoms with Crippen LogP contribution in [0.2, 0.25) is 0 Å². The van der Waals surface area contributed by atoms with Crippen molar-refractivity contribution < 1.29 is 9.32 Å². The van der Waals surface area contributed by atoms with E-state index in [4.69, 9.17) is 4.52 Å². The fourth-order valence-electron chi connectivity index (χ4n) is 2.24. The van der Waals surface area contributed by atoms with Gasteiger partial charge in [0.2, 0.25) is 5.89 Å². The van der Waals surface area contributed by atoms with Crippen molar-refractivity contribution in [2.75, 3.05) is 18.8 Å². The average molecular weight is 298 g/mol. The third kappa shape index (κ3) is 3.65. The van der Waals surface area contributed by atoms with Gasteiger partial charge in [-0.2, -0.15) is 16.7 Å². The summed E-state index contributed by atoms with van der Waals surface area (Å²) in [6, 6.07) is -0.245. The third-order valence-electron chi connectivity index (χ3n) is 3.27. The molecule has 1 fully saturated rings. The molecule has 1 unspecified atom stereocenters. The first-order valence-corrected chi connectivity index (χ1v) is 7.89. The first-order chi connectivity index (χ1) is 9.41. The molecule has 7 heteroatoms. The van der Waals surface area contributed by atoms with Crippen molar-refractivity contribution >= 4 is 17.8 Å².